The molecule has 1 saturated carbocycles. The highest BCUT2D eigenvalue weighted by molar-refractivity contribution is 7.80. The van der Waals surface area contributed by atoms with Gasteiger partial charge < -0.3 is 4.90 Å². The molecule has 13 heavy (non-hydrogen) atoms. The first-order valence-corrected chi connectivity index (χ1v) is 5.22. The highest BCUT2D eigenvalue weighted by Gasteiger charge is 2.43. The number of likely N-dealkylation sites (N-methyl/N-ethyl adjacent to an activating group) is 1. The molecule has 0 aromatic carbocycles. The number of hydrogen-bond acceptors (Lipinski definition) is 2. The zero-order chi connectivity index (χ0) is 9.90. The van der Waals surface area contributed by atoms with Gasteiger partial charge in [-0.3, -0.25) is 4.79 Å². The lowest BCUT2D eigenvalue weighted by molar-refractivity contribution is -0.130. The van der Waals surface area contributed by atoms with E-state index in [2.05, 4.69) is 19.2 Å². The van der Waals surface area contributed by atoms with Gasteiger partial charge in [0.25, 0.3) is 0 Å². The SMILES string of the molecule is C=CCN(C)C(=O)CC1(CS)CC1. The Labute approximate surface area is 85.4 Å². The first kappa shape index (κ1) is 10.6. The van der Waals surface area contributed by atoms with Crippen LogP contribution in [0.15, 0.2) is 12.7 Å². The molecule has 0 aliphatic heterocycles. The minimum Gasteiger partial charge on any atom is -0.342 e. The third-order valence-electron chi connectivity index (χ3n) is 2.65. The summed E-state index contributed by atoms with van der Waals surface area (Å²) in [6.45, 7) is 4.25. The van der Waals surface area contributed by atoms with Crippen LogP contribution in [-0.4, -0.2) is 30.2 Å². The molecule has 0 N–H and O–H groups in total. The average molecular weight is 199 g/mol. The van der Waals surface area contributed by atoms with Crippen LogP contribution in [0.3, 0.4) is 0 Å². The van der Waals surface area contributed by atoms with E-state index in [0.29, 0.717) is 13.0 Å². The van der Waals surface area contributed by atoms with Gasteiger partial charge in [-0.05, 0) is 24.0 Å². The third kappa shape index (κ3) is 2.76. The van der Waals surface area contributed by atoms with Crippen molar-refractivity contribution in [1.82, 2.24) is 4.90 Å². The first-order valence-electron chi connectivity index (χ1n) is 4.59. The van der Waals surface area contributed by atoms with E-state index in [1.165, 1.54) is 0 Å². The Balaban J connectivity index is 2.36. The van der Waals surface area contributed by atoms with E-state index in [-0.39, 0.29) is 11.3 Å². The van der Waals surface area contributed by atoms with Crippen molar-refractivity contribution in [1.29, 1.82) is 0 Å². The molecule has 0 aromatic rings. The van der Waals surface area contributed by atoms with Gasteiger partial charge in [0.1, 0.15) is 0 Å². The van der Waals surface area contributed by atoms with Gasteiger partial charge in [-0.2, -0.15) is 12.6 Å². The lowest BCUT2D eigenvalue weighted by Crippen LogP contribution is -2.29. The van der Waals surface area contributed by atoms with Crippen molar-refractivity contribution in [3.05, 3.63) is 12.7 Å². The molecule has 0 radical (unpaired) electrons. The lowest BCUT2D eigenvalue weighted by Gasteiger charge is -2.18. The molecule has 1 rings (SSSR count). The van der Waals surface area contributed by atoms with Crippen LogP contribution in [0.5, 0.6) is 0 Å². The zero-order valence-corrected chi connectivity index (χ0v) is 9.02. The fraction of sp³-hybridized carbons (Fsp3) is 0.700. The van der Waals surface area contributed by atoms with Crippen molar-refractivity contribution in [2.45, 2.75) is 19.3 Å². The molecule has 3 heteroatoms. The summed E-state index contributed by atoms with van der Waals surface area (Å²) in [7, 11) is 1.82. The number of rotatable bonds is 5. The Morgan fingerprint density at radius 3 is 2.69 bits per heavy atom. The van der Waals surface area contributed by atoms with Crippen LogP contribution in [0.25, 0.3) is 0 Å². The van der Waals surface area contributed by atoms with Crippen LogP contribution < -0.4 is 0 Å². The quantitative estimate of drug-likeness (QED) is 0.528. The summed E-state index contributed by atoms with van der Waals surface area (Å²) in [5.41, 5.74) is 0.232. The van der Waals surface area contributed by atoms with Crippen molar-refractivity contribution in [2.24, 2.45) is 5.41 Å². The Morgan fingerprint density at radius 2 is 2.31 bits per heavy atom. The second kappa shape index (κ2) is 4.18. The normalized spacial score (nSPS) is 18.0. The number of carbonyl (C=O) groups excluding carboxylic acids is 1. The van der Waals surface area contributed by atoms with Gasteiger partial charge in [-0.1, -0.05) is 6.08 Å². The van der Waals surface area contributed by atoms with Gasteiger partial charge in [-0.25, -0.2) is 0 Å². The highest BCUT2D eigenvalue weighted by Crippen LogP contribution is 2.49. The maximum absolute atomic E-state index is 11.6. The van der Waals surface area contributed by atoms with E-state index in [4.69, 9.17) is 0 Å². The predicted octanol–water partition coefficient (Wildman–Crippen LogP) is 1.73. The summed E-state index contributed by atoms with van der Waals surface area (Å²) in [5.74, 6) is 1.05. The smallest absolute Gasteiger partial charge is 0.223 e. The summed E-state index contributed by atoms with van der Waals surface area (Å²) in [4.78, 5) is 13.3. The topological polar surface area (TPSA) is 20.3 Å². The van der Waals surface area contributed by atoms with E-state index < -0.39 is 0 Å². The zero-order valence-electron chi connectivity index (χ0n) is 8.12. The van der Waals surface area contributed by atoms with Crippen LogP contribution in [0.4, 0.5) is 0 Å². The average Bonchev–Trinajstić information content (AvgIpc) is 2.86. The molecule has 1 amide bonds. The summed E-state index contributed by atoms with van der Waals surface area (Å²) in [6, 6.07) is 0. The molecule has 0 aromatic heterocycles. The molecule has 1 fully saturated rings. The summed E-state index contributed by atoms with van der Waals surface area (Å²) < 4.78 is 0. The molecule has 0 spiro atoms. The van der Waals surface area contributed by atoms with Crippen molar-refractivity contribution < 1.29 is 4.79 Å². The largest absolute Gasteiger partial charge is 0.342 e. The summed E-state index contributed by atoms with van der Waals surface area (Å²) in [6.07, 6.45) is 4.72. The second-order valence-corrected chi connectivity index (χ2v) is 4.21. The van der Waals surface area contributed by atoms with Gasteiger partial charge in [-0.15, -0.1) is 6.58 Å². The summed E-state index contributed by atoms with van der Waals surface area (Å²) in [5, 5.41) is 0. The van der Waals surface area contributed by atoms with Gasteiger partial charge in [0.15, 0.2) is 0 Å². The standard InChI is InChI=1S/C10H17NOS/c1-3-6-11(2)9(12)7-10(8-13)4-5-10/h3,13H,1,4-8H2,2H3. The van der Waals surface area contributed by atoms with Crippen molar-refractivity contribution in [3.63, 3.8) is 0 Å². The van der Waals surface area contributed by atoms with E-state index in [9.17, 15) is 4.79 Å². The monoisotopic (exact) mass is 199 g/mol. The Bertz CT molecular complexity index is 211. The van der Waals surface area contributed by atoms with Crippen LogP contribution in [0.1, 0.15) is 19.3 Å². The van der Waals surface area contributed by atoms with Crippen LogP contribution in [0.2, 0.25) is 0 Å². The maximum atomic E-state index is 11.6. The minimum atomic E-state index is 0.214. The number of nitrogens with zero attached hydrogens (tertiary/aromatic N) is 1. The van der Waals surface area contributed by atoms with E-state index in [0.717, 1.165) is 18.6 Å². The van der Waals surface area contributed by atoms with Gasteiger partial charge in [0.05, 0.1) is 0 Å². The van der Waals surface area contributed by atoms with Crippen molar-refractivity contribution in [3.8, 4) is 0 Å². The predicted molar refractivity (Wildman–Crippen MR) is 58.0 cm³/mol. The molecular weight excluding hydrogens is 182 g/mol. The van der Waals surface area contributed by atoms with E-state index in [1.54, 1.807) is 11.0 Å². The molecular formula is C10H17NOS. The van der Waals surface area contributed by atoms with Crippen LogP contribution in [-0.2, 0) is 4.79 Å². The number of hydrogen-bond donors (Lipinski definition) is 1. The Kier molecular flexibility index (Phi) is 3.42. The van der Waals surface area contributed by atoms with Crippen molar-refractivity contribution in [2.75, 3.05) is 19.3 Å². The fourth-order valence-electron chi connectivity index (χ4n) is 1.32. The van der Waals surface area contributed by atoms with Gasteiger partial charge in [0.2, 0.25) is 5.91 Å². The molecule has 0 unspecified atom stereocenters. The fourth-order valence-corrected chi connectivity index (χ4v) is 1.75. The number of thiol groups is 1. The first-order chi connectivity index (χ1) is 6.13. The van der Waals surface area contributed by atoms with Gasteiger partial charge in [0, 0.05) is 20.0 Å². The molecule has 1 aliphatic carbocycles. The second-order valence-electron chi connectivity index (χ2n) is 3.90. The third-order valence-corrected chi connectivity index (χ3v) is 3.32. The van der Waals surface area contributed by atoms with Crippen LogP contribution >= 0.6 is 12.6 Å². The number of carbonyl (C=O) groups is 1. The van der Waals surface area contributed by atoms with Crippen molar-refractivity contribution >= 4 is 18.5 Å². The molecule has 0 bridgehead atoms. The Hall–Kier alpha value is -0.440. The van der Waals surface area contributed by atoms with Crippen LogP contribution in [0, 0.1) is 5.41 Å². The van der Waals surface area contributed by atoms with E-state index >= 15 is 0 Å². The Morgan fingerprint density at radius 1 is 1.69 bits per heavy atom. The van der Waals surface area contributed by atoms with E-state index in [1.807, 2.05) is 7.05 Å². The molecule has 74 valence electrons. The minimum absolute atomic E-state index is 0.214. The summed E-state index contributed by atoms with van der Waals surface area (Å²) >= 11 is 4.27. The van der Waals surface area contributed by atoms with Gasteiger partial charge >= 0.3 is 0 Å². The lowest BCUT2D eigenvalue weighted by atomic mass is 10.0. The molecule has 1 aliphatic rings. The maximum Gasteiger partial charge on any atom is 0.223 e. The molecule has 0 heterocycles. The molecule has 2 nitrogen and oxygen atoms in total. The highest BCUT2D eigenvalue weighted by atomic mass is 32.1. The molecule has 0 saturated heterocycles. The molecule has 0 atom stereocenters. The number of amides is 1.